The zero-order chi connectivity index (χ0) is 10.6. The van der Waals surface area contributed by atoms with Gasteiger partial charge in [-0.05, 0) is 17.7 Å². The largest absolute Gasteiger partial charge is 0.394 e. The molecule has 0 aliphatic rings. The number of nitrogens with two attached hydrogens (primary N) is 1. The number of benzene rings is 1. The van der Waals surface area contributed by atoms with Gasteiger partial charge in [0.1, 0.15) is 5.82 Å². The van der Waals surface area contributed by atoms with Gasteiger partial charge in [-0.3, -0.25) is 0 Å². The average Bonchev–Trinajstić information content (AvgIpc) is 2.20. The van der Waals surface area contributed by atoms with E-state index >= 15 is 0 Å². The van der Waals surface area contributed by atoms with Crippen LogP contribution in [0.3, 0.4) is 0 Å². The molecule has 14 heavy (non-hydrogen) atoms. The lowest BCUT2D eigenvalue weighted by atomic mass is 10.1. The molecule has 78 valence electrons. The average molecular weight is 199 g/mol. The number of halogens is 1. The lowest BCUT2D eigenvalue weighted by molar-refractivity contribution is 0.181. The third-order valence-corrected chi connectivity index (χ3v) is 1.99. The standard InChI is InChI=1S/C10H14FNO2/c1-14-6-8-4-7(10(12)5-13)2-3-9(8)11/h2-4,10,13H,5-6,12H2,1H3. The number of ether oxygens (including phenoxy) is 1. The van der Waals surface area contributed by atoms with Crippen molar-refractivity contribution < 1.29 is 14.2 Å². The minimum Gasteiger partial charge on any atom is -0.394 e. The molecule has 0 saturated carbocycles. The minimum absolute atomic E-state index is 0.155. The van der Waals surface area contributed by atoms with Crippen molar-refractivity contribution in [2.45, 2.75) is 12.6 Å². The van der Waals surface area contributed by atoms with Crippen molar-refractivity contribution in [1.29, 1.82) is 0 Å². The minimum atomic E-state index is -0.466. The summed E-state index contributed by atoms with van der Waals surface area (Å²) in [5.74, 6) is -0.319. The van der Waals surface area contributed by atoms with Crippen molar-refractivity contribution in [1.82, 2.24) is 0 Å². The van der Waals surface area contributed by atoms with Crippen LogP contribution >= 0.6 is 0 Å². The summed E-state index contributed by atoms with van der Waals surface area (Å²) in [7, 11) is 1.50. The molecule has 1 rings (SSSR count). The van der Waals surface area contributed by atoms with Gasteiger partial charge in [-0.15, -0.1) is 0 Å². The van der Waals surface area contributed by atoms with E-state index in [1.807, 2.05) is 0 Å². The van der Waals surface area contributed by atoms with E-state index in [4.69, 9.17) is 15.6 Å². The summed E-state index contributed by atoms with van der Waals surface area (Å²) in [5.41, 5.74) is 6.76. The second-order valence-electron chi connectivity index (χ2n) is 3.07. The summed E-state index contributed by atoms with van der Waals surface area (Å²) in [4.78, 5) is 0. The van der Waals surface area contributed by atoms with Gasteiger partial charge in [0.15, 0.2) is 0 Å². The predicted octanol–water partition coefficient (Wildman–Crippen LogP) is 0.964. The first-order chi connectivity index (χ1) is 6.69. The number of methoxy groups -OCH3 is 1. The fraction of sp³-hybridized carbons (Fsp3) is 0.400. The normalized spacial score (nSPS) is 12.9. The van der Waals surface area contributed by atoms with E-state index in [0.29, 0.717) is 11.1 Å². The van der Waals surface area contributed by atoms with E-state index in [9.17, 15) is 4.39 Å². The first kappa shape index (κ1) is 11.1. The summed E-state index contributed by atoms with van der Waals surface area (Å²) < 4.78 is 18.0. The Kier molecular flexibility index (Phi) is 4.00. The van der Waals surface area contributed by atoms with Gasteiger partial charge in [0.2, 0.25) is 0 Å². The lowest BCUT2D eigenvalue weighted by Crippen LogP contribution is -2.15. The van der Waals surface area contributed by atoms with Crippen molar-refractivity contribution in [3.05, 3.63) is 35.1 Å². The molecular weight excluding hydrogens is 185 g/mol. The molecule has 1 aromatic carbocycles. The van der Waals surface area contributed by atoms with Crippen LogP contribution in [0.1, 0.15) is 17.2 Å². The second-order valence-corrected chi connectivity index (χ2v) is 3.07. The van der Waals surface area contributed by atoms with Gasteiger partial charge in [0, 0.05) is 12.7 Å². The highest BCUT2D eigenvalue weighted by atomic mass is 19.1. The van der Waals surface area contributed by atoms with E-state index in [1.54, 1.807) is 12.1 Å². The van der Waals surface area contributed by atoms with Crippen molar-refractivity contribution in [3.8, 4) is 0 Å². The quantitative estimate of drug-likeness (QED) is 0.759. The molecule has 0 bridgehead atoms. The highest BCUT2D eigenvalue weighted by molar-refractivity contribution is 5.27. The van der Waals surface area contributed by atoms with Gasteiger partial charge in [0.25, 0.3) is 0 Å². The van der Waals surface area contributed by atoms with Crippen molar-refractivity contribution in [2.24, 2.45) is 5.73 Å². The molecule has 0 amide bonds. The maximum atomic E-state index is 13.1. The molecule has 0 spiro atoms. The molecular formula is C10H14FNO2. The Labute approximate surface area is 82.3 Å². The van der Waals surface area contributed by atoms with E-state index in [2.05, 4.69) is 0 Å². The molecule has 0 saturated heterocycles. The predicted molar refractivity (Wildman–Crippen MR) is 51.1 cm³/mol. The smallest absolute Gasteiger partial charge is 0.128 e. The number of rotatable bonds is 4. The van der Waals surface area contributed by atoms with E-state index in [1.165, 1.54) is 13.2 Å². The molecule has 1 unspecified atom stereocenters. The van der Waals surface area contributed by atoms with Gasteiger partial charge in [-0.25, -0.2) is 4.39 Å². The maximum Gasteiger partial charge on any atom is 0.128 e. The SMILES string of the molecule is COCc1cc(C(N)CO)ccc1F. The summed E-state index contributed by atoms with van der Waals surface area (Å²) in [6, 6.07) is 4.04. The molecule has 0 aliphatic heterocycles. The van der Waals surface area contributed by atoms with Crippen LogP contribution in [0, 0.1) is 5.82 Å². The van der Waals surface area contributed by atoms with Crippen LogP contribution in [0.4, 0.5) is 4.39 Å². The number of aliphatic hydroxyl groups is 1. The Morgan fingerprint density at radius 3 is 2.86 bits per heavy atom. The van der Waals surface area contributed by atoms with Gasteiger partial charge >= 0.3 is 0 Å². The molecule has 0 fully saturated rings. The molecule has 3 nitrogen and oxygen atoms in total. The van der Waals surface area contributed by atoms with E-state index in [0.717, 1.165) is 0 Å². The molecule has 0 heterocycles. The molecule has 4 heteroatoms. The van der Waals surface area contributed by atoms with Gasteiger partial charge in [-0.2, -0.15) is 0 Å². The third kappa shape index (κ3) is 2.51. The van der Waals surface area contributed by atoms with Crippen LogP contribution in [0.2, 0.25) is 0 Å². The van der Waals surface area contributed by atoms with E-state index in [-0.39, 0.29) is 19.0 Å². The number of aliphatic hydroxyl groups excluding tert-OH is 1. The fourth-order valence-corrected chi connectivity index (χ4v) is 1.20. The Bertz CT molecular complexity index is 304. The van der Waals surface area contributed by atoms with E-state index < -0.39 is 6.04 Å². The van der Waals surface area contributed by atoms with Crippen molar-refractivity contribution in [3.63, 3.8) is 0 Å². The number of hydrogen-bond acceptors (Lipinski definition) is 3. The molecule has 1 atom stereocenters. The maximum absolute atomic E-state index is 13.1. The fourth-order valence-electron chi connectivity index (χ4n) is 1.20. The van der Waals surface area contributed by atoms with Crippen LogP contribution in [-0.2, 0) is 11.3 Å². The van der Waals surface area contributed by atoms with Crippen LogP contribution in [0.15, 0.2) is 18.2 Å². The summed E-state index contributed by atoms with van der Waals surface area (Å²) in [6.07, 6.45) is 0. The van der Waals surface area contributed by atoms with Gasteiger partial charge < -0.3 is 15.6 Å². The summed E-state index contributed by atoms with van der Waals surface area (Å²) >= 11 is 0. The lowest BCUT2D eigenvalue weighted by Gasteiger charge is -2.10. The third-order valence-electron chi connectivity index (χ3n) is 1.99. The van der Waals surface area contributed by atoms with Gasteiger partial charge in [0.05, 0.1) is 19.3 Å². The van der Waals surface area contributed by atoms with Crippen molar-refractivity contribution >= 4 is 0 Å². The Morgan fingerprint density at radius 1 is 1.57 bits per heavy atom. The summed E-state index contributed by atoms with van der Waals surface area (Å²) in [5, 5.41) is 8.83. The molecule has 1 aromatic rings. The monoisotopic (exact) mass is 199 g/mol. The Balaban J connectivity index is 2.93. The highest BCUT2D eigenvalue weighted by Crippen LogP contribution is 2.15. The Morgan fingerprint density at radius 2 is 2.29 bits per heavy atom. The highest BCUT2D eigenvalue weighted by Gasteiger charge is 2.08. The topological polar surface area (TPSA) is 55.5 Å². The molecule has 0 aliphatic carbocycles. The zero-order valence-electron chi connectivity index (χ0n) is 8.03. The molecule has 0 radical (unpaired) electrons. The molecule has 0 aromatic heterocycles. The molecule has 3 N–H and O–H groups in total. The zero-order valence-corrected chi connectivity index (χ0v) is 8.03. The van der Waals surface area contributed by atoms with Gasteiger partial charge in [-0.1, -0.05) is 6.07 Å². The second kappa shape index (κ2) is 5.05. The Hall–Kier alpha value is -0.970. The number of hydrogen-bond donors (Lipinski definition) is 2. The van der Waals surface area contributed by atoms with Crippen LogP contribution in [0.25, 0.3) is 0 Å². The van der Waals surface area contributed by atoms with Crippen LogP contribution < -0.4 is 5.73 Å². The first-order valence-electron chi connectivity index (χ1n) is 4.32. The summed E-state index contributed by atoms with van der Waals surface area (Å²) in [6.45, 7) is 0.0515. The van der Waals surface area contributed by atoms with Crippen LogP contribution in [0.5, 0.6) is 0 Å². The first-order valence-corrected chi connectivity index (χ1v) is 4.32. The van der Waals surface area contributed by atoms with Crippen LogP contribution in [-0.4, -0.2) is 18.8 Å². The van der Waals surface area contributed by atoms with Crippen molar-refractivity contribution in [2.75, 3.05) is 13.7 Å².